The molecule has 2 heterocycles. The number of aliphatic hydroxyl groups excluding tert-OH is 2. The van der Waals surface area contributed by atoms with Crippen LogP contribution in [-0.4, -0.2) is 68.5 Å². The highest BCUT2D eigenvalue weighted by Gasteiger charge is 2.42. The van der Waals surface area contributed by atoms with E-state index in [4.69, 9.17) is 0 Å². The standard InChI is InChI=1S/C23H23N3O6/c1-2-11(10-27)25-20(29)12-6-8-14-19-15(9-7-13(18(12)19)21(25)30)23(32)26(22(14)31)24-16-4-3-5-17(16)28/h6-9,11,16-17,24,27-28H,2-5,10H2,1H3. The van der Waals surface area contributed by atoms with Gasteiger partial charge in [0.25, 0.3) is 23.6 Å². The lowest BCUT2D eigenvalue weighted by molar-refractivity contribution is 0.0404. The minimum Gasteiger partial charge on any atom is -0.394 e. The summed E-state index contributed by atoms with van der Waals surface area (Å²) >= 11 is 0. The van der Waals surface area contributed by atoms with Gasteiger partial charge >= 0.3 is 0 Å². The molecular weight excluding hydrogens is 414 g/mol. The molecule has 3 atom stereocenters. The van der Waals surface area contributed by atoms with E-state index in [1.54, 1.807) is 6.92 Å². The molecule has 2 aromatic rings. The van der Waals surface area contributed by atoms with Crippen molar-refractivity contribution in [2.24, 2.45) is 0 Å². The highest BCUT2D eigenvalue weighted by atomic mass is 16.3. The summed E-state index contributed by atoms with van der Waals surface area (Å²) in [6.07, 6.45) is 1.78. The number of hydrogen-bond donors (Lipinski definition) is 3. The second-order valence-electron chi connectivity index (χ2n) is 8.48. The van der Waals surface area contributed by atoms with Crippen LogP contribution in [0.1, 0.15) is 74.0 Å². The van der Waals surface area contributed by atoms with Gasteiger partial charge < -0.3 is 10.2 Å². The summed E-state index contributed by atoms with van der Waals surface area (Å²) in [5, 5.41) is 21.3. The first-order valence-electron chi connectivity index (χ1n) is 10.8. The van der Waals surface area contributed by atoms with Gasteiger partial charge in [-0.25, -0.2) is 10.4 Å². The number of nitrogens with zero attached hydrogens (tertiary/aromatic N) is 2. The summed E-state index contributed by atoms with van der Waals surface area (Å²) in [6.45, 7) is 1.42. The van der Waals surface area contributed by atoms with Crippen LogP contribution in [0.2, 0.25) is 0 Å². The van der Waals surface area contributed by atoms with Crippen LogP contribution in [0.4, 0.5) is 0 Å². The van der Waals surface area contributed by atoms with Crippen molar-refractivity contribution in [3.8, 4) is 0 Å². The van der Waals surface area contributed by atoms with Crippen LogP contribution >= 0.6 is 0 Å². The van der Waals surface area contributed by atoms with Gasteiger partial charge in [-0.1, -0.05) is 6.92 Å². The van der Waals surface area contributed by atoms with E-state index in [1.165, 1.54) is 24.3 Å². The molecule has 9 nitrogen and oxygen atoms in total. The van der Waals surface area contributed by atoms with Gasteiger partial charge in [-0.2, -0.15) is 0 Å². The van der Waals surface area contributed by atoms with Crippen molar-refractivity contribution in [1.29, 1.82) is 0 Å². The number of benzene rings is 2. The highest BCUT2D eigenvalue weighted by molar-refractivity contribution is 6.33. The van der Waals surface area contributed by atoms with Crippen molar-refractivity contribution in [2.75, 3.05) is 6.61 Å². The summed E-state index contributed by atoms with van der Waals surface area (Å²) in [5.41, 5.74) is 3.75. The molecule has 5 rings (SSSR count). The van der Waals surface area contributed by atoms with Crippen molar-refractivity contribution in [3.63, 3.8) is 0 Å². The maximum atomic E-state index is 13.2. The fraction of sp³-hybridized carbons (Fsp3) is 0.391. The van der Waals surface area contributed by atoms with Crippen molar-refractivity contribution in [3.05, 3.63) is 46.5 Å². The first-order valence-corrected chi connectivity index (χ1v) is 10.8. The Bertz CT molecular complexity index is 1120. The molecule has 1 saturated carbocycles. The van der Waals surface area contributed by atoms with Gasteiger partial charge in [0.2, 0.25) is 0 Å². The molecule has 0 saturated heterocycles. The average Bonchev–Trinajstić information content (AvgIpc) is 3.20. The molecule has 0 spiro atoms. The van der Waals surface area contributed by atoms with Crippen LogP contribution in [-0.2, 0) is 0 Å². The fourth-order valence-corrected chi connectivity index (χ4v) is 4.99. The summed E-state index contributed by atoms with van der Waals surface area (Å²) in [6, 6.07) is 4.90. The normalized spacial score (nSPS) is 23.5. The smallest absolute Gasteiger partial charge is 0.276 e. The molecule has 32 heavy (non-hydrogen) atoms. The molecule has 2 aromatic carbocycles. The predicted molar refractivity (Wildman–Crippen MR) is 113 cm³/mol. The van der Waals surface area contributed by atoms with E-state index >= 15 is 0 Å². The Labute approximate surface area is 183 Å². The van der Waals surface area contributed by atoms with Gasteiger partial charge in [0, 0.05) is 21.9 Å². The molecule has 166 valence electrons. The van der Waals surface area contributed by atoms with E-state index in [9.17, 15) is 29.4 Å². The Morgan fingerprint density at radius 3 is 1.81 bits per heavy atom. The lowest BCUT2D eigenvalue weighted by Gasteiger charge is -2.35. The SMILES string of the molecule is CCC(CO)N1C(=O)c2ccc3c4c(ccc(c24)C1=O)C(=O)N(NC1CCCC1O)C3=O. The molecule has 1 fully saturated rings. The quantitative estimate of drug-likeness (QED) is 0.600. The Morgan fingerprint density at radius 2 is 1.41 bits per heavy atom. The number of carbonyl (C=O) groups is 4. The number of amides is 4. The van der Waals surface area contributed by atoms with E-state index in [-0.39, 0.29) is 28.9 Å². The number of rotatable bonds is 5. The van der Waals surface area contributed by atoms with Crippen LogP contribution in [0, 0.1) is 0 Å². The molecule has 2 aliphatic heterocycles. The van der Waals surface area contributed by atoms with Gasteiger partial charge in [-0.3, -0.25) is 24.1 Å². The lowest BCUT2D eigenvalue weighted by Crippen LogP contribution is -2.55. The predicted octanol–water partition coefficient (Wildman–Crippen LogP) is 1.22. The van der Waals surface area contributed by atoms with Crippen molar-refractivity contribution < 1.29 is 29.4 Å². The van der Waals surface area contributed by atoms with Crippen LogP contribution in [0.5, 0.6) is 0 Å². The zero-order chi connectivity index (χ0) is 22.7. The molecule has 3 aliphatic rings. The molecule has 4 amide bonds. The summed E-state index contributed by atoms with van der Waals surface area (Å²) in [4.78, 5) is 53.8. The van der Waals surface area contributed by atoms with E-state index in [2.05, 4.69) is 5.43 Å². The molecule has 3 unspecified atom stereocenters. The number of aliphatic hydroxyl groups is 2. The topological polar surface area (TPSA) is 127 Å². The zero-order valence-corrected chi connectivity index (χ0v) is 17.5. The van der Waals surface area contributed by atoms with Crippen molar-refractivity contribution in [1.82, 2.24) is 15.3 Å². The van der Waals surface area contributed by atoms with Gasteiger partial charge in [-0.05, 0) is 49.9 Å². The summed E-state index contributed by atoms with van der Waals surface area (Å²) in [7, 11) is 0. The number of nitrogens with one attached hydrogen (secondary N) is 1. The molecule has 0 bridgehead atoms. The highest BCUT2D eigenvalue weighted by Crippen LogP contribution is 2.38. The van der Waals surface area contributed by atoms with E-state index < -0.39 is 41.8 Å². The average molecular weight is 437 g/mol. The Hall–Kier alpha value is -3.14. The Balaban J connectivity index is 1.64. The third-order valence-electron chi connectivity index (χ3n) is 6.75. The molecular formula is C23H23N3O6. The zero-order valence-electron chi connectivity index (χ0n) is 17.5. The molecule has 9 heteroatoms. The third-order valence-corrected chi connectivity index (χ3v) is 6.75. The van der Waals surface area contributed by atoms with Crippen LogP contribution in [0.3, 0.4) is 0 Å². The van der Waals surface area contributed by atoms with Crippen LogP contribution in [0.15, 0.2) is 24.3 Å². The Morgan fingerprint density at radius 1 is 0.906 bits per heavy atom. The molecule has 0 radical (unpaired) electrons. The largest absolute Gasteiger partial charge is 0.394 e. The van der Waals surface area contributed by atoms with E-state index in [0.717, 1.165) is 16.3 Å². The summed E-state index contributed by atoms with van der Waals surface area (Å²) in [5.74, 6) is -2.29. The number of hydrogen-bond acceptors (Lipinski definition) is 7. The Kier molecular flexibility index (Phi) is 4.85. The molecule has 3 N–H and O–H groups in total. The first kappa shape index (κ1) is 20.7. The van der Waals surface area contributed by atoms with E-state index in [1.807, 2.05) is 0 Å². The van der Waals surface area contributed by atoms with Crippen molar-refractivity contribution >= 4 is 34.4 Å². The second-order valence-corrected chi connectivity index (χ2v) is 8.48. The van der Waals surface area contributed by atoms with Crippen LogP contribution < -0.4 is 5.43 Å². The lowest BCUT2D eigenvalue weighted by atomic mass is 9.86. The molecule has 1 aliphatic carbocycles. The minimum absolute atomic E-state index is 0.212. The number of hydrazine groups is 1. The van der Waals surface area contributed by atoms with Gasteiger partial charge in [0.05, 0.1) is 35.9 Å². The maximum absolute atomic E-state index is 13.2. The minimum atomic E-state index is -0.661. The first-order chi connectivity index (χ1) is 15.4. The monoisotopic (exact) mass is 437 g/mol. The maximum Gasteiger partial charge on any atom is 0.276 e. The fourth-order valence-electron chi connectivity index (χ4n) is 4.99. The second kappa shape index (κ2) is 7.47. The van der Waals surface area contributed by atoms with Crippen LogP contribution in [0.25, 0.3) is 10.8 Å². The number of imide groups is 2. The molecule has 0 aromatic heterocycles. The third kappa shape index (κ3) is 2.75. The van der Waals surface area contributed by atoms with Crippen molar-refractivity contribution in [2.45, 2.75) is 50.8 Å². The van der Waals surface area contributed by atoms with E-state index in [0.29, 0.717) is 30.0 Å². The van der Waals surface area contributed by atoms with Gasteiger partial charge in [0.15, 0.2) is 0 Å². The van der Waals surface area contributed by atoms with Gasteiger partial charge in [-0.15, -0.1) is 0 Å². The van der Waals surface area contributed by atoms with Gasteiger partial charge in [0.1, 0.15) is 0 Å². The summed E-state index contributed by atoms with van der Waals surface area (Å²) < 4.78 is 0. The number of carbonyl (C=O) groups excluding carboxylic acids is 4.